The molecule has 128 valence electrons. The van der Waals surface area contributed by atoms with Crippen molar-refractivity contribution in [2.75, 3.05) is 13.6 Å². The molecular weight excluding hydrogens is 310 g/mol. The van der Waals surface area contributed by atoms with E-state index >= 15 is 0 Å². The smallest absolute Gasteiger partial charge is 0.191 e. The summed E-state index contributed by atoms with van der Waals surface area (Å²) in [5.74, 6) is -0.597. The number of hydrogen-bond donors (Lipinski definition) is 2. The number of hydrogen-bond acceptors (Lipinski definition) is 2. The number of guanidine groups is 1. The predicted octanol–water partition coefficient (Wildman–Crippen LogP) is 3.14. The lowest BCUT2D eigenvalue weighted by molar-refractivity contribution is 0.551. The molecule has 0 aliphatic carbocycles. The van der Waals surface area contributed by atoms with E-state index in [0.29, 0.717) is 18.1 Å². The van der Waals surface area contributed by atoms with Gasteiger partial charge in [0.25, 0.3) is 0 Å². The Kier molecular flexibility index (Phi) is 6.23. The van der Waals surface area contributed by atoms with Gasteiger partial charge in [0.1, 0.15) is 11.6 Å². The molecule has 1 aromatic heterocycles. The summed E-state index contributed by atoms with van der Waals surface area (Å²) >= 11 is 0. The van der Waals surface area contributed by atoms with Gasteiger partial charge in [-0.3, -0.25) is 9.98 Å². The third-order valence-corrected chi connectivity index (χ3v) is 3.68. The van der Waals surface area contributed by atoms with Crippen LogP contribution in [0.1, 0.15) is 29.8 Å². The highest BCUT2D eigenvalue weighted by Gasteiger charge is 2.13. The Morgan fingerprint density at radius 2 is 2.04 bits per heavy atom. The molecule has 24 heavy (non-hydrogen) atoms. The molecule has 0 aliphatic rings. The average Bonchev–Trinajstić information content (AvgIpc) is 2.55. The van der Waals surface area contributed by atoms with Crippen LogP contribution in [0.25, 0.3) is 0 Å². The van der Waals surface area contributed by atoms with Crippen LogP contribution in [0.5, 0.6) is 0 Å². The van der Waals surface area contributed by atoms with Crippen LogP contribution >= 0.6 is 0 Å². The van der Waals surface area contributed by atoms with Crippen LogP contribution in [0.2, 0.25) is 0 Å². The van der Waals surface area contributed by atoms with Crippen LogP contribution in [0.4, 0.5) is 8.78 Å². The summed E-state index contributed by atoms with van der Waals surface area (Å²) < 4.78 is 26.8. The molecule has 0 aliphatic heterocycles. The molecule has 1 aromatic carbocycles. The first-order valence-electron chi connectivity index (χ1n) is 7.83. The minimum Gasteiger partial charge on any atom is -0.356 e. The predicted molar refractivity (Wildman–Crippen MR) is 91.9 cm³/mol. The molecule has 0 saturated carbocycles. The number of aliphatic imine (C=N–C) groups is 1. The van der Waals surface area contributed by atoms with Crippen LogP contribution in [-0.4, -0.2) is 24.5 Å². The number of halogens is 2. The van der Waals surface area contributed by atoms with Gasteiger partial charge in [0.05, 0.1) is 6.04 Å². The summed E-state index contributed by atoms with van der Waals surface area (Å²) in [6, 6.07) is 7.25. The third kappa shape index (κ3) is 5.01. The van der Waals surface area contributed by atoms with Gasteiger partial charge in [-0.25, -0.2) is 8.78 Å². The minimum absolute atomic E-state index is 0.335. The number of pyridine rings is 1. The molecule has 2 N–H and O–H groups in total. The van der Waals surface area contributed by atoms with Crippen molar-refractivity contribution in [1.29, 1.82) is 0 Å². The summed E-state index contributed by atoms with van der Waals surface area (Å²) in [7, 11) is 1.65. The number of rotatable bonds is 5. The minimum atomic E-state index is -0.585. The molecule has 4 nitrogen and oxygen atoms in total. The molecule has 6 heteroatoms. The van der Waals surface area contributed by atoms with Crippen molar-refractivity contribution < 1.29 is 8.78 Å². The highest BCUT2D eigenvalue weighted by molar-refractivity contribution is 5.80. The number of aryl methyl sites for hydroxylation is 1. The van der Waals surface area contributed by atoms with Crippen molar-refractivity contribution >= 4 is 5.96 Å². The molecule has 0 spiro atoms. The molecule has 0 bridgehead atoms. The zero-order chi connectivity index (χ0) is 17.5. The Balaban J connectivity index is 1.88. The first kappa shape index (κ1) is 17.8. The van der Waals surface area contributed by atoms with Crippen molar-refractivity contribution in [2.45, 2.75) is 26.3 Å². The number of aromatic nitrogens is 1. The number of nitrogens with zero attached hydrogens (tertiary/aromatic N) is 2. The maximum atomic E-state index is 13.8. The van der Waals surface area contributed by atoms with Crippen molar-refractivity contribution in [3.05, 3.63) is 65.0 Å². The van der Waals surface area contributed by atoms with E-state index in [9.17, 15) is 8.78 Å². The highest BCUT2D eigenvalue weighted by Crippen LogP contribution is 2.17. The van der Waals surface area contributed by atoms with E-state index in [1.807, 2.05) is 25.3 Å². The van der Waals surface area contributed by atoms with Crippen LogP contribution in [0, 0.1) is 18.6 Å². The topological polar surface area (TPSA) is 49.3 Å². The maximum Gasteiger partial charge on any atom is 0.191 e. The van der Waals surface area contributed by atoms with Gasteiger partial charge < -0.3 is 10.6 Å². The summed E-state index contributed by atoms with van der Waals surface area (Å²) in [4.78, 5) is 8.38. The lowest BCUT2D eigenvalue weighted by Crippen LogP contribution is -2.39. The van der Waals surface area contributed by atoms with Gasteiger partial charge >= 0.3 is 0 Å². The highest BCUT2D eigenvalue weighted by atomic mass is 19.1. The van der Waals surface area contributed by atoms with Gasteiger partial charge in [0, 0.05) is 37.1 Å². The zero-order valence-corrected chi connectivity index (χ0v) is 14.1. The van der Waals surface area contributed by atoms with E-state index in [4.69, 9.17) is 0 Å². The molecule has 2 aromatic rings. The molecule has 1 heterocycles. The second kappa shape index (κ2) is 8.38. The number of nitrogens with one attached hydrogen (secondary N) is 2. The van der Waals surface area contributed by atoms with E-state index in [1.54, 1.807) is 14.0 Å². The summed E-state index contributed by atoms with van der Waals surface area (Å²) in [5, 5.41) is 6.28. The molecular formula is C18H22F2N4. The van der Waals surface area contributed by atoms with Gasteiger partial charge in [0.15, 0.2) is 5.96 Å². The van der Waals surface area contributed by atoms with E-state index in [1.165, 1.54) is 12.1 Å². The Labute approximate surface area is 141 Å². The van der Waals surface area contributed by atoms with Crippen LogP contribution in [0.3, 0.4) is 0 Å². The van der Waals surface area contributed by atoms with Crippen molar-refractivity contribution in [1.82, 2.24) is 15.6 Å². The van der Waals surface area contributed by atoms with Crippen molar-refractivity contribution in [3.8, 4) is 0 Å². The summed E-state index contributed by atoms with van der Waals surface area (Å²) in [5.41, 5.74) is 2.50. The Hall–Kier alpha value is -2.50. The van der Waals surface area contributed by atoms with E-state index in [2.05, 4.69) is 20.6 Å². The molecule has 2 rings (SSSR count). The molecule has 1 unspecified atom stereocenters. The van der Waals surface area contributed by atoms with Crippen LogP contribution in [-0.2, 0) is 6.42 Å². The average molecular weight is 332 g/mol. The van der Waals surface area contributed by atoms with Gasteiger partial charge in [-0.05, 0) is 38.0 Å². The first-order chi connectivity index (χ1) is 11.5. The van der Waals surface area contributed by atoms with Gasteiger partial charge in [-0.1, -0.05) is 12.1 Å². The maximum absolute atomic E-state index is 13.8. The fraction of sp³-hybridized carbons (Fsp3) is 0.333. The Morgan fingerprint density at radius 3 is 2.67 bits per heavy atom. The summed E-state index contributed by atoms with van der Waals surface area (Å²) in [6.07, 6.45) is 2.65. The van der Waals surface area contributed by atoms with Crippen molar-refractivity contribution in [3.63, 3.8) is 0 Å². The lowest BCUT2D eigenvalue weighted by Gasteiger charge is -2.18. The lowest BCUT2D eigenvalue weighted by atomic mass is 10.1. The Morgan fingerprint density at radius 1 is 1.25 bits per heavy atom. The molecule has 0 fully saturated rings. The second-order valence-electron chi connectivity index (χ2n) is 5.59. The van der Waals surface area contributed by atoms with Crippen LogP contribution < -0.4 is 10.6 Å². The first-order valence-corrected chi connectivity index (χ1v) is 7.83. The molecule has 0 radical (unpaired) electrons. The summed E-state index contributed by atoms with van der Waals surface area (Å²) in [6.45, 7) is 4.42. The van der Waals surface area contributed by atoms with E-state index in [0.717, 1.165) is 23.7 Å². The number of benzene rings is 1. The van der Waals surface area contributed by atoms with Crippen LogP contribution in [0.15, 0.2) is 41.5 Å². The Bertz CT molecular complexity index is 699. The largest absolute Gasteiger partial charge is 0.356 e. The van der Waals surface area contributed by atoms with Crippen molar-refractivity contribution in [2.24, 2.45) is 4.99 Å². The molecule has 0 amide bonds. The third-order valence-electron chi connectivity index (χ3n) is 3.68. The van der Waals surface area contributed by atoms with Gasteiger partial charge in [-0.2, -0.15) is 0 Å². The fourth-order valence-electron chi connectivity index (χ4n) is 2.30. The van der Waals surface area contributed by atoms with Gasteiger partial charge in [0.2, 0.25) is 0 Å². The molecule has 0 saturated heterocycles. The zero-order valence-electron chi connectivity index (χ0n) is 14.1. The SMILES string of the molecule is CN=C(NCCc1ccc(C)nc1)NC(C)c1ccc(F)cc1F. The molecule has 1 atom stereocenters. The van der Waals surface area contributed by atoms with Gasteiger partial charge in [-0.15, -0.1) is 0 Å². The quantitative estimate of drug-likeness (QED) is 0.653. The monoisotopic (exact) mass is 332 g/mol. The fourth-order valence-corrected chi connectivity index (χ4v) is 2.30. The van der Waals surface area contributed by atoms with E-state index in [-0.39, 0.29) is 6.04 Å². The normalized spacial score (nSPS) is 12.8. The second-order valence-corrected chi connectivity index (χ2v) is 5.59. The standard InChI is InChI=1S/C18H22F2N4/c1-12-4-5-14(11-23-12)8-9-22-18(21-3)24-13(2)16-7-6-15(19)10-17(16)20/h4-7,10-11,13H,8-9H2,1-3H3,(H2,21,22,24). The van der Waals surface area contributed by atoms with E-state index < -0.39 is 11.6 Å².